The van der Waals surface area contributed by atoms with Gasteiger partial charge in [0, 0.05) is 16.0 Å². The molecule has 1 atom stereocenters. The van der Waals surface area contributed by atoms with Gasteiger partial charge in [-0.05, 0) is 23.1 Å². The van der Waals surface area contributed by atoms with Crippen LogP contribution in [-0.4, -0.2) is 13.2 Å². The third-order valence-corrected chi connectivity index (χ3v) is 5.28. The molecule has 0 bridgehead atoms. The molecular formula is C13H10BrClO2S. The number of ether oxygens (including phenoxy) is 2. The Bertz CT molecular complexity index is 556. The molecule has 1 unspecified atom stereocenters. The second kappa shape index (κ2) is 5.11. The molecule has 2 heterocycles. The van der Waals surface area contributed by atoms with Gasteiger partial charge < -0.3 is 9.47 Å². The predicted molar refractivity (Wildman–Crippen MR) is 77.5 cm³/mol. The van der Waals surface area contributed by atoms with E-state index in [9.17, 15) is 0 Å². The molecule has 2 aromatic rings. The zero-order valence-electron chi connectivity index (χ0n) is 9.36. The van der Waals surface area contributed by atoms with Crippen molar-refractivity contribution in [2.24, 2.45) is 0 Å². The van der Waals surface area contributed by atoms with Gasteiger partial charge in [0.25, 0.3) is 0 Å². The van der Waals surface area contributed by atoms with Crippen molar-refractivity contribution >= 4 is 38.9 Å². The van der Waals surface area contributed by atoms with Gasteiger partial charge in [-0.25, -0.2) is 0 Å². The van der Waals surface area contributed by atoms with Gasteiger partial charge in [0.15, 0.2) is 11.5 Å². The molecule has 3 rings (SSSR count). The van der Waals surface area contributed by atoms with E-state index < -0.39 is 0 Å². The zero-order valence-corrected chi connectivity index (χ0v) is 12.5. The highest BCUT2D eigenvalue weighted by Gasteiger charge is 2.20. The lowest BCUT2D eigenvalue weighted by molar-refractivity contribution is 0.171. The molecule has 18 heavy (non-hydrogen) atoms. The molecule has 1 aliphatic rings. The van der Waals surface area contributed by atoms with Crippen LogP contribution in [0.2, 0.25) is 5.02 Å². The van der Waals surface area contributed by atoms with Gasteiger partial charge in [-0.15, -0.1) is 11.3 Å². The number of fused-ring (bicyclic) bond motifs is 1. The van der Waals surface area contributed by atoms with E-state index in [0.717, 1.165) is 17.1 Å². The van der Waals surface area contributed by atoms with Crippen LogP contribution < -0.4 is 9.47 Å². The minimum atomic E-state index is 0.0841. The van der Waals surface area contributed by atoms with E-state index in [0.29, 0.717) is 18.2 Å². The Balaban J connectivity index is 2.01. The molecule has 2 nitrogen and oxygen atoms in total. The second-order valence-corrected chi connectivity index (χ2v) is 6.20. The SMILES string of the molecule is Clc1cc2c(cc1C(Br)c1cccs1)OCCO2. The number of hydrogen-bond donors (Lipinski definition) is 0. The van der Waals surface area contributed by atoms with Gasteiger partial charge in [0.05, 0.1) is 4.83 Å². The van der Waals surface area contributed by atoms with Crippen LogP contribution in [0.15, 0.2) is 29.6 Å². The van der Waals surface area contributed by atoms with Crippen LogP contribution in [0.4, 0.5) is 0 Å². The summed E-state index contributed by atoms with van der Waals surface area (Å²) in [6.45, 7) is 1.16. The van der Waals surface area contributed by atoms with Crippen molar-refractivity contribution in [3.8, 4) is 11.5 Å². The molecule has 0 saturated heterocycles. The first-order valence-electron chi connectivity index (χ1n) is 5.52. The van der Waals surface area contributed by atoms with E-state index in [1.54, 1.807) is 11.3 Å². The molecule has 94 valence electrons. The quantitative estimate of drug-likeness (QED) is 0.737. The Morgan fingerprint density at radius 3 is 2.61 bits per heavy atom. The fraction of sp³-hybridized carbons (Fsp3) is 0.231. The summed E-state index contributed by atoms with van der Waals surface area (Å²) in [6, 6.07) is 7.89. The first kappa shape index (κ1) is 12.3. The molecule has 0 aliphatic carbocycles. The zero-order chi connectivity index (χ0) is 12.5. The van der Waals surface area contributed by atoms with Gasteiger partial charge in [-0.3, -0.25) is 0 Å². The predicted octanol–water partition coefficient (Wildman–Crippen LogP) is 4.66. The molecule has 1 aliphatic heterocycles. The summed E-state index contributed by atoms with van der Waals surface area (Å²) in [7, 11) is 0. The molecule has 1 aromatic carbocycles. The van der Waals surface area contributed by atoms with Gasteiger partial charge >= 0.3 is 0 Å². The Labute approximate surface area is 123 Å². The van der Waals surface area contributed by atoms with Crippen molar-refractivity contribution in [1.82, 2.24) is 0 Å². The van der Waals surface area contributed by atoms with Crippen LogP contribution in [0.1, 0.15) is 15.3 Å². The van der Waals surface area contributed by atoms with Crippen molar-refractivity contribution in [3.05, 3.63) is 45.1 Å². The Kier molecular flexibility index (Phi) is 3.50. The number of alkyl halides is 1. The van der Waals surface area contributed by atoms with E-state index in [2.05, 4.69) is 27.4 Å². The molecular weight excluding hydrogens is 336 g/mol. The fourth-order valence-electron chi connectivity index (χ4n) is 1.86. The standard InChI is InChI=1S/C13H10BrClO2S/c14-13(12-2-1-5-18-12)8-6-10-11(7-9(8)15)17-4-3-16-10/h1-2,5-7,13H,3-4H2. The fourth-order valence-corrected chi connectivity index (χ4v) is 3.83. The van der Waals surface area contributed by atoms with Crippen molar-refractivity contribution in [3.63, 3.8) is 0 Å². The van der Waals surface area contributed by atoms with E-state index in [1.165, 1.54) is 4.88 Å². The van der Waals surface area contributed by atoms with Crippen LogP contribution in [0, 0.1) is 0 Å². The number of halogens is 2. The largest absolute Gasteiger partial charge is 0.486 e. The lowest BCUT2D eigenvalue weighted by atomic mass is 10.1. The molecule has 0 spiro atoms. The van der Waals surface area contributed by atoms with Crippen molar-refractivity contribution in [1.29, 1.82) is 0 Å². The lowest BCUT2D eigenvalue weighted by Crippen LogP contribution is -2.15. The maximum atomic E-state index is 6.31. The van der Waals surface area contributed by atoms with Gasteiger partial charge in [-0.1, -0.05) is 33.6 Å². The van der Waals surface area contributed by atoms with Gasteiger partial charge in [-0.2, -0.15) is 0 Å². The average molecular weight is 346 g/mol. The van der Waals surface area contributed by atoms with Gasteiger partial charge in [0.1, 0.15) is 13.2 Å². The van der Waals surface area contributed by atoms with E-state index >= 15 is 0 Å². The van der Waals surface area contributed by atoms with Crippen molar-refractivity contribution in [2.75, 3.05) is 13.2 Å². The highest BCUT2D eigenvalue weighted by molar-refractivity contribution is 9.09. The Hall–Kier alpha value is -0.710. The number of rotatable bonds is 2. The molecule has 5 heteroatoms. The third kappa shape index (κ3) is 2.25. The smallest absolute Gasteiger partial charge is 0.162 e. The molecule has 0 amide bonds. The number of hydrogen-bond acceptors (Lipinski definition) is 3. The number of thiophene rings is 1. The van der Waals surface area contributed by atoms with Gasteiger partial charge in [0.2, 0.25) is 0 Å². The van der Waals surface area contributed by atoms with Crippen LogP contribution >= 0.6 is 38.9 Å². The maximum absolute atomic E-state index is 6.31. The van der Waals surface area contributed by atoms with Crippen molar-refractivity contribution in [2.45, 2.75) is 4.83 Å². The van der Waals surface area contributed by atoms with E-state index in [1.807, 2.05) is 18.2 Å². The van der Waals surface area contributed by atoms with Crippen LogP contribution in [0.5, 0.6) is 11.5 Å². The summed E-state index contributed by atoms with van der Waals surface area (Å²) in [4.78, 5) is 1.30. The summed E-state index contributed by atoms with van der Waals surface area (Å²) in [5.74, 6) is 1.49. The van der Waals surface area contributed by atoms with E-state index in [4.69, 9.17) is 21.1 Å². The first-order chi connectivity index (χ1) is 8.75. The second-order valence-electron chi connectivity index (χ2n) is 3.90. The van der Waals surface area contributed by atoms with Crippen LogP contribution in [0.25, 0.3) is 0 Å². The summed E-state index contributed by atoms with van der Waals surface area (Å²) < 4.78 is 11.1. The van der Waals surface area contributed by atoms with Crippen LogP contribution in [-0.2, 0) is 0 Å². The summed E-state index contributed by atoms with van der Waals surface area (Å²) in [5.41, 5.74) is 1.00. The minimum absolute atomic E-state index is 0.0841. The summed E-state index contributed by atoms with van der Waals surface area (Å²) in [6.07, 6.45) is 0. The topological polar surface area (TPSA) is 18.5 Å². The summed E-state index contributed by atoms with van der Waals surface area (Å²) in [5, 5.41) is 2.74. The molecule has 1 aromatic heterocycles. The highest BCUT2D eigenvalue weighted by atomic mass is 79.9. The minimum Gasteiger partial charge on any atom is -0.486 e. The Morgan fingerprint density at radius 2 is 1.94 bits per heavy atom. The van der Waals surface area contributed by atoms with E-state index in [-0.39, 0.29) is 4.83 Å². The molecule has 0 N–H and O–H groups in total. The normalized spacial score (nSPS) is 15.4. The third-order valence-electron chi connectivity index (χ3n) is 2.73. The maximum Gasteiger partial charge on any atom is 0.162 e. The van der Waals surface area contributed by atoms with Crippen LogP contribution in [0.3, 0.4) is 0 Å². The molecule has 0 saturated carbocycles. The lowest BCUT2D eigenvalue weighted by Gasteiger charge is -2.21. The van der Waals surface area contributed by atoms with Crippen molar-refractivity contribution < 1.29 is 9.47 Å². The monoisotopic (exact) mass is 344 g/mol. The number of benzene rings is 1. The highest BCUT2D eigenvalue weighted by Crippen LogP contribution is 2.43. The molecule has 0 fully saturated rings. The Morgan fingerprint density at radius 1 is 1.22 bits per heavy atom. The first-order valence-corrected chi connectivity index (χ1v) is 7.69. The summed E-state index contributed by atoms with van der Waals surface area (Å²) >= 11 is 11.7. The molecule has 0 radical (unpaired) electrons. The average Bonchev–Trinajstić information content (AvgIpc) is 2.91.